The van der Waals surface area contributed by atoms with Crippen molar-refractivity contribution in [3.63, 3.8) is 0 Å². The quantitative estimate of drug-likeness (QED) is 0.570. The molecule has 1 heterocycles. The summed E-state index contributed by atoms with van der Waals surface area (Å²) in [5.41, 5.74) is 2.21. The van der Waals surface area contributed by atoms with E-state index in [1.54, 1.807) is 6.07 Å². The Hall–Kier alpha value is -3.13. The number of hydrogen-bond donors (Lipinski definition) is 1. The zero-order valence-electron chi connectivity index (χ0n) is 16.8. The first-order valence-electron chi connectivity index (χ1n) is 9.71. The van der Waals surface area contributed by atoms with E-state index in [1.807, 2.05) is 19.1 Å². The Bertz CT molecular complexity index is 861. The van der Waals surface area contributed by atoms with Crippen LogP contribution in [0.1, 0.15) is 22.8 Å². The monoisotopic (exact) mass is 398 g/mol. The molecule has 0 aliphatic carbocycles. The molecular formula is C21H26N4O4. The Morgan fingerprint density at radius 1 is 1.14 bits per heavy atom. The van der Waals surface area contributed by atoms with Gasteiger partial charge in [0.15, 0.2) is 0 Å². The van der Waals surface area contributed by atoms with E-state index in [-0.39, 0.29) is 11.6 Å². The molecule has 154 valence electrons. The Kier molecular flexibility index (Phi) is 6.66. The molecule has 1 aliphatic rings. The van der Waals surface area contributed by atoms with Gasteiger partial charge in [0.1, 0.15) is 5.75 Å². The summed E-state index contributed by atoms with van der Waals surface area (Å²) >= 11 is 0. The fourth-order valence-corrected chi connectivity index (χ4v) is 3.49. The molecule has 3 rings (SSSR count). The van der Waals surface area contributed by atoms with Gasteiger partial charge in [0.25, 0.3) is 11.6 Å². The molecule has 8 heteroatoms. The van der Waals surface area contributed by atoms with Crippen molar-refractivity contribution in [3.05, 3.63) is 63.7 Å². The van der Waals surface area contributed by atoms with Crippen LogP contribution in [0.3, 0.4) is 0 Å². The van der Waals surface area contributed by atoms with Crippen molar-refractivity contribution in [1.82, 2.24) is 10.2 Å². The van der Waals surface area contributed by atoms with Gasteiger partial charge in [-0.15, -0.1) is 0 Å². The van der Waals surface area contributed by atoms with Crippen LogP contribution in [-0.4, -0.2) is 55.6 Å². The van der Waals surface area contributed by atoms with Gasteiger partial charge in [0, 0.05) is 51.9 Å². The van der Waals surface area contributed by atoms with Crippen molar-refractivity contribution in [3.8, 4) is 5.75 Å². The summed E-state index contributed by atoms with van der Waals surface area (Å²) in [7, 11) is 1.53. The number of carbonyl (C=O) groups excluding carboxylic acids is 1. The van der Waals surface area contributed by atoms with Gasteiger partial charge in [-0.25, -0.2) is 0 Å². The number of anilines is 1. The van der Waals surface area contributed by atoms with Crippen LogP contribution in [0.2, 0.25) is 0 Å². The zero-order chi connectivity index (χ0) is 20.8. The highest BCUT2D eigenvalue weighted by Crippen LogP contribution is 2.27. The number of hydrogen-bond acceptors (Lipinski definition) is 6. The van der Waals surface area contributed by atoms with E-state index >= 15 is 0 Å². The SMILES string of the molecule is CCOc1ccc(CN2CCN(c3ccc([N+](=O)[O-])cc3C(=O)NC)CC2)cc1. The number of amides is 1. The number of nitro benzene ring substituents is 1. The molecule has 1 amide bonds. The van der Waals surface area contributed by atoms with Gasteiger partial charge in [-0.1, -0.05) is 12.1 Å². The average molecular weight is 398 g/mol. The van der Waals surface area contributed by atoms with Crippen LogP contribution in [0.5, 0.6) is 5.75 Å². The first-order chi connectivity index (χ1) is 14.0. The average Bonchev–Trinajstić information content (AvgIpc) is 2.75. The van der Waals surface area contributed by atoms with Gasteiger partial charge in [0.2, 0.25) is 0 Å². The largest absolute Gasteiger partial charge is 0.494 e. The highest BCUT2D eigenvalue weighted by Gasteiger charge is 2.23. The van der Waals surface area contributed by atoms with Gasteiger partial charge in [-0.3, -0.25) is 19.8 Å². The maximum absolute atomic E-state index is 12.3. The minimum atomic E-state index is -0.481. The second-order valence-corrected chi connectivity index (χ2v) is 6.88. The summed E-state index contributed by atoms with van der Waals surface area (Å²) in [6.07, 6.45) is 0. The number of benzene rings is 2. The molecule has 0 spiro atoms. The van der Waals surface area contributed by atoms with Crippen LogP contribution in [0, 0.1) is 10.1 Å². The summed E-state index contributed by atoms with van der Waals surface area (Å²) in [6, 6.07) is 12.6. The zero-order valence-corrected chi connectivity index (χ0v) is 16.8. The van der Waals surface area contributed by atoms with Gasteiger partial charge in [-0.05, 0) is 30.7 Å². The minimum Gasteiger partial charge on any atom is -0.494 e. The predicted octanol–water partition coefficient (Wildman–Crippen LogP) is 2.68. The molecular weight excluding hydrogens is 372 g/mol. The fraction of sp³-hybridized carbons (Fsp3) is 0.381. The molecule has 0 radical (unpaired) electrons. The second-order valence-electron chi connectivity index (χ2n) is 6.88. The Labute approximate surface area is 170 Å². The lowest BCUT2D eigenvalue weighted by atomic mass is 10.1. The topological polar surface area (TPSA) is 87.9 Å². The number of rotatable bonds is 7. The molecule has 0 bridgehead atoms. The van der Waals surface area contributed by atoms with Gasteiger partial charge < -0.3 is 15.0 Å². The van der Waals surface area contributed by atoms with Crippen molar-refractivity contribution in [1.29, 1.82) is 0 Å². The lowest BCUT2D eigenvalue weighted by Crippen LogP contribution is -2.46. The summed E-state index contributed by atoms with van der Waals surface area (Å²) in [5.74, 6) is 0.557. The molecule has 0 saturated carbocycles. The molecule has 0 unspecified atom stereocenters. The normalized spacial score (nSPS) is 14.5. The molecule has 1 fully saturated rings. The Morgan fingerprint density at radius 2 is 1.83 bits per heavy atom. The molecule has 1 aliphatic heterocycles. The lowest BCUT2D eigenvalue weighted by Gasteiger charge is -2.36. The third-order valence-electron chi connectivity index (χ3n) is 5.02. The van der Waals surface area contributed by atoms with E-state index in [0.717, 1.165) is 44.2 Å². The maximum atomic E-state index is 12.3. The number of piperazine rings is 1. The number of nitro groups is 1. The Balaban J connectivity index is 1.65. The summed E-state index contributed by atoms with van der Waals surface area (Å²) in [6.45, 7) is 6.66. The lowest BCUT2D eigenvalue weighted by molar-refractivity contribution is -0.384. The smallest absolute Gasteiger partial charge is 0.270 e. The van der Waals surface area contributed by atoms with Gasteiger partial charge >= 0.3 is 0 Å². The van der Waals surface area contributed by atoms with Crippen molar-refractivity contribution in [2.75, 3.05) is 44.7 Å². The van der Waals surface area contributed by atoms with Gasteiger partial charge in [0.05, 0.1) is 22.8 Å². The van der Waals surface area contributed by atoms with Crippen molar-refractivity contribution in [2.45, 2.75) is 13.5 Å². The standard InChI is InChI=1S/C21H26N4O4/c1-3-29-18-7-4-16(5-8-18)15-23-10-12-24(13-11-23)20-9-6-17(25(27)28)14-19(20)21(26)22-2/h4-9,14H,3,10-13,15H2,1-2H3,(H,22,26). The molecule has 2 aromatic carbocycles. The van der Waals surface area contributed by atoms with E-state index < -0.39 is 4.92 Å². The highest BCUT2D eigenvalue weighted by atomic mass is 16.6. The molecule has 8 nitrogen and oxygen atoms in total. The van der Waals surface area contributed by atoms with Crippen LogP contribution >= 0.6 is 0 Å². The van der Waals surface area contributed by atoms with E-state index in [4.69, 9.17) is 4.74 Å². The number of carbonyl (C=O) groups is 1. The van der Waals surface area contributed by atoms with Gasteiger partial charge in [-0.2, -0.15) is 0 Å². The molecule has 2 aromatic rings. The third-order valence-corrected chi connectivity index (χ3v) is 5.02. The highest BCUT2D eigenvalue weighted by molar-refractivity contribution is 6.00. The van der Waals surface area contributed by atoms with E-state index in [1.165, 1.54) is 24.7 Å². The maximum Gasteiger partial charge on any atom is 0.270 e. The van der Waals surface area contributed by atoms with Crippen molar-refractivity contribution in [2.24, 2.45) is 0 Å². The third kappa shape index (κ3) is 5.03. The minimum absolute atomic E-state index is 0.0820. The van der Waals surface area contributed by atoms with Crippen LogP contribution in [0.4, 0.5) is 11.4 Å². The van der Waals surface area contributed by atoms with Crippen LogP contribution < -0.4 is 15.0 Å². The summed E-state index contributed by atoms with van der Waals surface area (Å²) in [5, 5.41) is 13.6. The first-order valence-corrected chi connectivity index (χ1v) is 9.71. The summed E-state index contributed by atoms with van der Waals surface area (Å²) < 4.78 is 5.48. The number of nitrogens with one attached hydrogen (secondary N) is 1. The molecule has 29 heavy (non-hydrogen) atoms. The molecule has 1 N–H and O–H groups in total. The van der Waals surface area contributed by atoms with E-state index in [0.29, 0.717) is 12.2 Å². The second kappa shape index (κ2) is 9.38. The van der Waals surface area contributed by atoms with E-state index in [9.17, 15) is 14.9 Å². The number of nitrogens with zero attached hydrogens (tertiary/aromatic N) is 3. The van der Waals surface area contributed by atoms with Crippen LogP contribution in [-0.2, 0) is 6.54 Å². The number of non-ortho nitro benzene ring substituents is 1. The van der Waals surface area contributed by atoms with Crippen molar-refractivity contribution >= 4 is 17.3 Å². The Morgan fingerprint density at radius 3 is 2.41 bits per heavy atom. The van der Waals surface area contributed by atoms with Crippen LogP contribution in [0.25, 0.3) is 0 Å². The van der Waals surface area contributed by atoms with E-state index in [2.05, 4.69) is 27.2 Å². The molecule has 0 atom stereocenters. The number of ether oxygens (including phenoxy) is 1. The predicted molar refractivity (Wildman–Crippen MR) is 112 cm³/mol. The van der Waals surface area contributed by atoms with Crippen molar-refractivity contribution < 1.29 is 14.5 Å². The molecule has 0 aromatic heterocycles. The first kappa shape index (κ1) is 20.6. The molecule has 1 saturated heterocycles. The van der Waals surface area contributed by atoms with Crippen LogP contribution in [0.15, 0.2) is 42.5 Å². The summed E-state index contributed by atoms with van der Waals surface area (Å²) in [4.78, 5) is 27.3. The fourth-order valence-electron chi connectivity index (χ4n) is 3.49.